The first-order valence-corrected chi connectivity index (χ1v) is 8.91. The van der Waals surface area contributed by atoms with E-state index in [1.54, 1.807) is 19.1 Å². The molecular weight excluding hydrogens is 364 g/mol. The van der Waals surface area contributed by atoms with E-state index in [0.717, 1.165) is 24.3 Å². The Hall–Kier alpha value is -3.14. The molecule has 138 valence electrons. The number of hydrogen-bond donors (Lipinski definition) is 1. The number of benzene rings is 2. The molecule has 26 heavy (non-hydrogen) atoms. The predicted octanol–water partition coefficient (Wildman–Crippen LogP) is 2.27. The van der Waals surface area contributed by atoms with Gasteiger partial charge in [0.1, 0.15) is 12.3 Å². The minimum atomic E-state index is -4.25. The normalized spacial score (nSPS) is 11.0. The number of carbonyl (C=O) groups is 1. The molecule has 2 rings (SSSR count). The molecule has 1 N–H and O–H groups in total. The second kappa shape index (κ2) is 7.83. The topological polar surface area (TPSA) is 127 Å². The van der Waals surface area contributed by atoms with Crippen molar-refractivity contribution in [3.63, 3.8) is 0 Å². The Labute approximate surface area is 149 Å². The van der Waals surface area contributed by atoms with Crippen molar-refractivity contribution in [2.75, 3.05) is 17.5 Å². The maximum Gasteiger partial charge on any atom is 0.324 e. The lowest BCUT2D eigenvalue weighted by Crippen LogP contribution is -2.35. The number of sulfonamides is 1. The first-order valence-electron chi connectivity index (χ1n) is 7.47. The molecule has 0 saturated carbocycles. The Kier molecular flexibility index (Phi) is 5.78. The van der Waals surface area contributed by atoms with E-state index in [-0.39, 0.29) is 16.3 Å². The SMILES string of the molecule is CCOc1cccc(N(CC(=O)O)S(=O)(=O)c2ccc([N+](=O)[O-])cc2)c1. The molecule has 0 saturated heterocycles. The number of nitrogens with zero attached hydrogens (tertiary/aromatic N) is 2. The number of anilines is 1. The van der Waals surface area contributed by atoms with Crippen LogP contribution in [0.4, 0.5) is 11.4 Å². The quantitative estimate of drug-likeness (QED) is 0.550. The molecular formula is C16H16N2O7S. The van der Waals surface area contributed by atoms with Crippen molar-refractivity contribution >= 4 is 27.4 Å². The molecule has 0 spiro atoms. The van der Waals surface area contributed by atoms with Gasteiger partial charge in [0.15, 0.2) is 0 Å². The zero-order chi connectivity index (χ0) is 19.3. The highest BCUT2D eigenvalue weighted by atomic mass is 32.2. The molecule has 0 unspecified atom stereocenters. The van der Waals surface area contributed by atoms with Crippen LogP contribution < -0.4 is 9.04 Å². The molecule has 9 nitrogen and oxygen atoms in total. The average molecular weight is 380 g/mol. The van der Waals surface area contributed by atoms with E-state index in [0.29, 0.717) is 16.7 Å². The van der Waals surface area contributed by atoms with Gasteiger partial charge in [0.25, 0.3) is 15.7 Å². The monoisotopic (exact) mass is 380 g/mol. The van der Waals surface area contributed by atoms with Gasteiger partial charge in [-0.25, -0.2) is 8.42 Å². The van der Waals surface area contributed by atoms with Crippen molar-refractivity contribution in [2.24, 2.45) is 0 Å². The van der Waals surface area contributed by atoms with E-state index in [9.17, 15) is 23.3 Å². The number of hydrogen-bond acceptors (Lipinski definition) is 6. The summed E-state index contributed by atoms with van der Waals surface area (Å²) in [6.07, 6.45) is 0. The molecule has 10 heteroatoms. The number of aliphatic carboxylic acids is 1. The van der Waals surface area contributed by atoms with E-state index < -0.39 is 27.5 Å². The van der Waals surface area contributed by atoms with E-state index >= 15 is 0 Å². The molecule has 0 atom stereocenters. The Bertz CT molecular complexity index is 910. The average Bonchev–Trinajstić information content (AvgIpc) is 2.60. The summed E-state index contributed by atoms with van der Waals surface area (Å²) in [6.45, 7) is 1.31. The molecule has 0 aromatic heterocycles. The molecule has 0 fully saturated rings. The molecule has 0 aliphatic rings. The Morgan fingerprint density at radius 1 is 1.23 bits per heavy atom. The highest BCUT2D eigenvalue weighted by molar-refractivity contribution is 7.92. The van der Waals surface area contributed by atoms with Gasteiger partial charge < -0.3 is 9.84 Å². The number of carboxylic acid groups (broad SMARTS) is 1. The summed E-state index contributed by atoms with van der Waals surface area (Å²) in [5, 5.41) is 19.8. The van der Waals surface area contributed by atoms with Gasteiger partial charge in [0, 0.05) is 18.2 Å². The zero-order valence-corrected chi connectivity index (χ0v) is 14.5. The van der Waals surface area contributed by atoms with Crippen molar-refractivity contribution in [1.82, 2.24) is 0 Å². The Morgan fingerprint density at radius 2 is 1.88 bits per heavy atom. The largest absolute Gasteiger partial charge is 0.494 e. The molecule has 2 aromatic carbocycles. The minimum absolute atomic E-state index is 0.108. The smallest absolute Gasteiger partial charge is 0.324 e. The lowest BCUT2D eigenvalue weighted by atomic mass is 10.3. The second-order valence-electron chi connectivity index (χ2n) is 5.09. The zero-order valence-electron chi connectivity index (χ0n) is 13.7. The Balaban J connectivity index is 2.49. The van der Waals surface area contributed by atoms with Gasteiger partial charge in [-0.15, -0.1) is 0 Å². The van der Waals surface area contributed by atoms with E-state index in [4.69, 9.17) is 9.84 Å². The summed E-state index contributed by atoms with van der Waals surface area (Å²) in [5.74, 6) is -0.961. The van der Waals surface area contributed by atoms with Crippen LogP contribution in [0.15, 0.2) is 53.4 Å². The molecule has 0 aliphatic carbocycles. The van der Waals surface area contributed by atoms with Crippen LogP contribution in [0, 0.1) is 10.1 Å². The van der Waals surface area contributed by atoms with Crippen LogP contribution in [0.2, 0.25) is 0 Å². The second-order valence-corrected chi connectivity index (χ2v) is 6.95. The number of nitro benzene ring substituents is 1. The minimum Gasteiger partial charge on any atom is -0.494 e. The van der Waals surface area contributed by atoms with Crippen LogP contribution >= 0.6 is 0 Å². The maximum atomic E-state index is 12.9. The predicted molar refractivity (Wildman–Crippen MR) is 92.9 cm³/mol. The van der Waals surface area contributed by atoms with Gasteiger partial charge in [-0.1, -0.05) is 6.07 Å². The van der Waals surface area contributed by atoms with Crippen molar-refractivity contribution in [3.8, 4) is 5.75 Å². The van der Waals surface area contributed by atoms with Crippen molar-refractivity contribution in [3.05, 3.63) is 58.6 Å². The van der Waals surface area contributed by atoms with Gasteiger partial charge in [-0.2, -0.15) is 0 Å². The van der Waals surface area contributed by atoms with Gasteiger partial charge in [-0.3, -0.25) is 19.2 Å². The maximum absolute atomic E-state index is 12.9. The third kappa shape index (κ3) is 4.28. The molecule has 0 bridgehead atoms. The van der Waals surface area contributed by atoms with Crippen molar-refractivity contribution < 1.29 is 28.0 Å². The fourth-order valence-electron chi connectivity index (χ4n) is 2.20. The van der Waals surface area contributed by atoms with Crippen LogP contribution in [0.25, 0.3) is 0 Å². The van der Waals surface area contributed by atoms with E-state index in [1.807, 2.05) is 0 Å². The van der Waals surface area contributed by atoms with Gasteiger partial charge in [-0.05, 0) is 31.2 Å². The Morgan fingerprint density at radius 3 is 2.42 bits per heavy atom. The molecule has 0 radical (unpaired) electrons. The van der Waals surface area contributed by atoms with Gasteiger partial charge in [0.2, 0.25) is 0 Å². The molecule has 2 aromatic rings. The van der Waals surface area contributed by atoms with Crippen LogP contribution in [-0.4, -0.2) is 37.6 Å². The van der Waals surface area contributed by atoms with Gasteiger partial charge >= 0.3 is 5.97 Å². The summed E-state index contributed by atoms with van der Waals surface area (Å²) < 4.78 is 31.8. The summed E-state index contributed by atoms with van der Waals surface area (Å²) in [4.78, 5) is 21.0. The van der Waals surface area contributed by atoms with E-state index in [1.165, 1.54) is 12.1 Å². The van der Waals surface area contributed by atoms with E-state index in [2.05, 4.69) is 0 Å². The van der Waals surface area contributed by atoms with Gasteiger partial charge in [0.05, 0.1) is 22.1 Å². The fourth-order valence-corrected chi connectivity index (χ4v) is 3.61. The fraction of sp³-hybridized carbons (Fsp3) is 0.188. The van der Waals surface area contributed by atoms with Crippen molar-refractivity contribution in [1.29, 1.82) is 0 Å². The first kappa shape index (κ1) is 19.2. The number of non-ortho nitro benzene ring substituents is 1. The molecule has 0 heterocycles. The number of carboxylic acids is 1. The van der Waals surface area contributed by atoms with Crippen LogP contribution in [0.5, 0.6) is 5.75 Å². The van der Waals surface area contributed by atoms with Crippen LogP contribution in [0.1, 0.15) is 6.92 Å². The summed E-state index contributed by atoms with van der Waals surface area (Å²) >= 11 is 0. The molecule has 0 aliphatic heterocycles. The summed E-state index contributed by atoms with van der Waals surface area (Å²) in [5.41, 5.74) is -0.163. The summed E-state index contributed by atoms with van der Waals surface area (Å²) in [7, 11) is -4.25. The van der Waals surface area contributed by atoms with Crippen LogP contribution in [0.3, 0.4) is 0 Å². The number of ether oxygens (including phenoxy) is 1. The van der Waals surface area contributed by atoms with Crippen LogP contribution in [-0.2, 0) is 14.8 Å². The highest BCUT2D eigenvalue weighted by Crippen LogP contribution is 2.27. The highest BCUT2D eigenvalue weighted by Gasteiger charge is 2.28. The number of nitro groups is 1. The molecule has 0 amide bonds. The first-order chi connectivity index (χ1) is 12.3. The third-order valence-corrected chi connectivity index (χ3v) is 5.12. The third-order valence-electron chi connectivity index (χ3n) is 3.33. The lowest BCUT2D eigenvalue weighted by molar-refractivity contribution is -0.384. The van der Waals surface area contributed by atoms with Crippen molar-refractivity contribution in [2.45, 2.75) is 11.8 Å². The number of rotatable bonds is 8. The standard InChI is InChI=1S/C16H16N2O7S/c1-2-25-14-5-3-4-13(10-14)17(11-16(19)20)26(23,24)15-8-6-12(7-9-15)18(21)22/h3-10H,2,11H2,1H3,(H,19,20). The lowest BCUT2D eigenvalue weighted by Gasteiger charge is -2.23. The summed E-state index contributed by atoms with van der Waals surface area (Å²) in [6, 6.07) is 10.2.